The fourth-order valence-corrected chi connectivity index (χ4v) is 1.97. The van der Waals surface area contributed by atoms with Gasteiger partial charge in [0.15, 0.2) is 0 Å². The van der Waals surface area contributed by atoms with Crippen molar-refractivity contribution >= 4 is 0 Å². The van der Waals surface area contributed by atoms with Crippen molar-refractivity contribution in [2.75, 3.05) is 0 Å². The van der Waals surface area contributed by atoms with Gasteiger partial charge in [0.2, 0.25) is 0 Å². The fourth-order valence-electron chi connectivity index (χ4n) is 1.97. The van der Waals surface area contributed by atoms with Gasteiger partial charge in [0, 0.05) is 5.56 Å². The molecule has 0 aliphatic rings. The van der Waals surface area contributed by atoms with Gasteiger partial charge in [-0.2, -0.15) is 0 Å². The Labute approximate surface area is 120 Å². The first kappa shape index (κ1) is 16.3. The Balaban J connectivity index is 2.71. The van der Waals surface area contributed by atoms with Crippen LogP contribution in [0.2, 0.25) is 0 Å². The van der Waals surface area contributed by atoms with E-state index in [1.807, 2.05) is 6.08 Å². The minimum Gasteiger partial charge on any atom is -0.508 e. The maximum absolute atomic E-state index is 9.86. The summed E-state index contributed by atoms with van der Waals surface area (Å²) in [5, 5.41) is 28.7. The largest absolute Gasteiger partial charge is 0.508 e. The Morgan fingerprint density at radius 3 is 2.15 bits per heavy atom. The molecule has 3 N–H and O–H groups in total. The lowest BCUT2D eigenvalue weighted by molar-refractivity contribution is 0.280. The van der Waals surface area contributed by atoms with Crippen molar-refractivity contribution in [1.29, 1.82) is 0 Å². The van der Waals surface area contributed by atoms with Crippen molar-refractivity contribution in [1.82, 2.24) is 0 Å². The number of aliphatic hydroxyl groups is 1. The zero-order valence-electron chi connectivity index (χ0n) is 12.5. The van der Waals surface area contributed by atoms with Crippen LogP contribution < -0.4 is 0 Å². The highest BCUT2D eigenvalue weighted by atomic mass is 16.3. The van der Waals surface area contributed by atoms with E-state index in [-0.39, 0.29) is 18.1 Å². The van der Waals surface area contributed by atoms with E-state index in [1.54, 1.807) is 0 Å². The standard InChI is InChI=1S/C17H24O3/c1-12(2)5-4-6-13(3)7-8-15-16(19)9-14(11-18)10-17(15)20/h5,7,9-10,18-20H,4,6,8,11H2,1-3H3/b13-7+. The van der Waals surface area contributed by atoms with Crippen LogP contribution in [0.1, 0.15) is 44.7 Å². The quantitative estimate of drug-likeness (QED) is 0.692. The Morgan fingerprint density at radius 2 is 1.65 bits per heavy atom. The molecule has 0 heterocycles. The van der Waals surface area contributed by atoms with E-state index in [2.05, 4.69) is 26.8 Å². The number of allylic oxidation sites excluding steroid dienone is 4. The van der Waals surface area contributed by atoms with Crippen molar-refractivity contribution in [3.8, 4) is 11.5 Å². The summed E-state index contributed by atoms with van der Waals surface area (Å²) in [5.41, 5.74) is 3.55. The van der Waals surface area contributed by atoms with Gasteiger partial charge in [-0.3, -0.25) is 0 Å². The van der Waals surface area contributed by atoms with Crippen molar-refractivity contribution < 1.29 is 15.3 Å². The summed E-state index contributed by atoms with van der Waals surface area (Å²) in [7, 11) is 0. The zero-order chi connectivity index (χ0) is 15.1. The number of aromatic hydroxyl groups is 2. The van der Waals surface area contributed by atoms with E-state index in [9.17, 15) is 10.2 Å². The van der Waals surface area contributed by atoms with Crippen LogP contribution >= 0.6 is 0 Å². The van der Waals surface area contributed by atoms with E-state index in [0.717, 1.165) is 12.8 Å². The molecule has 1 aromatic rings. The van der Waals surface area contributed by atoms with Gasteiger partial charge in [0.1, 0.15) is 11.5 Å². The molecule has 110 valence electrons. The summed E-state index contributed by atoms with van der Waals surface area (Å²) >= 11 is 0. The summed E-state index contributed by atoms with van der Waals surface area (Å²) in [5.74, 6) is 0.0600. The number of phenolic OH excluding ortho intramolecular Hbond substituents is 2. The van der Waals surface area contributed by atoms with Crippen molar-refractivity contribution in [2.24, 2.45) is 0 Å². The van der Waals surface area contributed by atoms with Crippen LogP contribution in [0.25, 0.3) is 0 Å². The van der Waals surface area contributed by atoms with Crippen LogP contribution in [-0.2, 0) is 13.0 Å². The number of hydrogen-bond acceptors (Lipinski definition) is 3. The zero-order valence-corrected chi connectivity index (χ0v) is 12.5. The molecule has 20 heavy (non-hydrogen) atoms. The third kappa shape index (κ3) is 5.10. The third-order valence-corrected chi connectivity index (χ3v) is 3.19. The topological polar surface area (TPSA) is 60.7 Å². The van der Waals surface area contributed by atoms with Gasteiger partial charge in [-0.15, -0.1) is 0 Å². The van der Waals surface area contributed by atoms with Gasteiger partial charge in [0.05, 0.1) is 6.61 Å². The molecule has 1 aromatic carbocycles. The first-order valence-electron chi connectivity index (χ1n) is 6.87. The smallest absolute Gasteiger partial charge is 0.123 e. The summed E-state index contributed by atoms with van der Waals surface area (Å²) in [6.45, 7) is 6.02. The van der Waals surface area contributed by atoms with Crippen molar-refractivity contribution in [2.45, 2.75) is 46.6 Å². The molecule has 3 nitrogen and oxygen atoms in total. The second kappa shape index (κ2) is 7.75. The number of phenols is 2. The Morgan fingerprint density at radius 1 is 1.05 bits per heavy atom. The molecular weight excluding hydrogens is 252 g/mol. The van der Waals surface area contributed by atoms with Crippen LogP contribution in [0.5, 0.6) is 11.5 Å². The van der Waals surface area contributed by atoms with E-state index in [4.69, 9.17) is 5.11 Å². The predicted octanol–water partition coefficient (Wildman–Crippen LogP) is 3.83. The minimum atomic E-state index is -0.195. The normalized spacial score (nSPS) is 11.5. The Hall–Kier alpha value is -1.74. The van der Waals surface area contributed by atoms with Crippen molar-refractivity contribution in [3.63, 3.8) is 0 Å². The molecule has 0 saturated carbocycles. The average Bonchev–Trinajstić information content (AvgIpc) is 2.36. The van der Waals surface area contributed by atoms with Crippen LogP contribution in [0.4, 0.5) is 0 Å². The lowest BCUT2D eigenvalue weighted by atomic mass is 10.0. The van der Waals surface area contributed by atoms with E-state index in [1.165, 1.54) is 23.3 Å². The highest BCUT2D eigenvalue weighted by Gasteiger charge is 2.08. The summed E-state index contributed by atoms with van der Waals surface area (Å²) in [4.78, 5) is 0. The number of benzene rings is 1. The lowest BCUT2D eigenvalue weighted by Gasteiger charge is -2.08. The van der Waals surface area contributed by atoms with Crippen LogP contribution in [-0.4, -0.2) is 15.3 Å². The molecule has 0 atom stereocenters. The monoisotopic (exact) mass is 276 g/mol. The van der Waals surface area contributed by atoms with E-state index in [0.29, 0.717) is 17.5 Å². The molecule has 0 saturated heterocycles. The third-order valence-electron chi connectivity index (χ3n) is 3.19. The second-order valence-electron chi connectivity index (χ2n) is 5.35. The molecule has 0 unspecified atom stereocenters. The van der Waals surface area contributed by atoms with Crippen LogP contribution in [0.15, 0.2) is 35.4 Å². The highest BCUT2D eigenvalue weighted by molar-refractivity contribution is 5.47. The van der Waals surface area contributed by atoms with Gasteiger partial charge >= 0.3 is 0 Å². The van der Waals surface area contributed by atoms with Gasteiger partial charge < -0.3 is 15.3 Å². The molecule has 0 fully saturated rings. The molecule has 0 radical (unpaired) electrons. The first-order valence-corrected chi connectivity index (χ1v) is 6.87. The van der Waals surface area contributed by atoms with Crippen LogP contribution in [0, 0.1) is 0 Å². The average molecular weight is 276 g/mol. The fraction of sp³-hybridized carbons (Fsp3) is 0.412. The van der Waals surface area contributed by atoms with Gasteiger partial charge in [-0.1, -0.05) is 23.3 Å². The van der Waals surface area contributed by atoms with Crippen molar-refractivity contribution in [3.05, 3.63) is 46.6 Å². The Bertz CT molecular complexity index is 486. The summed E-state index contributed by atoms with van der Waals surface area (Å²) in [6, 6.07) is 2.98. The highest BCUT2D eigenvalue weighted by Crippen LogP contribution is 2.30. The molecule has 0 amide bonds. The molecule has 0 aliphatic heterocycles. The number of hydrogen-bond donors (Lipinski definition) is 3. The molecule has 0 spiro atoms. The summed E-state index contributed by atoms with van der Waals surface area (Å²) in [6.07, 6.45) is 6.69. The molecule has 0 bridgehead atoms. The Kier molecular flexibility index (Phi) is 6.32. The lowest BCUT2D eigenvalue weighted by Crippen LogP contribution is -1.90. The first-order chi connectivity index (χ1) is 9.43. The number of rotatable bonds is 6. The van der Waals surface area contributed by atoms with Gasteiger partial charge in [0.25, 0.3) is 0 Å². The number of aliphatic hydroxyl groups excluding tert-OH is 1. The predicted molar refractivity (Wildman–Crippen MR) is 81.8 cm³/mol. The summed E-state index contributed by atoms with van der Waals surface area (Å²) < 4.78 is 0. The molecule has 0 aromatic heterocycles. The van der Waals surface area contributed by atoms with E-state index >= 15 is 0 Å². The SMILES string of the molecule is CC(C)=CCC/C(C)=C/Cc1c(O)cc(CO)cc1O. The van der Waals surface area contributed by atoms with Gasteiger partial charge in [-0.25, -0.2) is 0 Å². The molecular formula is C17H24O3. The molecule has 0 aliphatic carbocycles. The molecule has 1 rings (SSSR count). The maximum Gasteiger partial charge on any atom is 0.123 e. The van der Waals surface area contributed by atoms with E-state index < -0.39 is 0 Å². The van der Waals surface area contributed by atoms with Gasteiger partial charge in [-0.05, 0) is 57.7 Å². The minimum absolute atomic E-state index is 0.0300. The van der Waals surface area contributed by atoms with Crippen LogP contribution in [0.3, 0.4) is 0 Å². The second-order valence-corrected chi connectivity index (χ2v) is 5.35. The molecule has 3 heteroatoms. The maximum atomic E-state index is 9.86.